The maximum Gasteiger partial charge on any atom is 0.113 e. The first-order chi connectivity index (χ1) is 8.74. The molecule has 1 unspecified atom stereocenters. The van der Waals surface area contributed by atoms with Crippen LogP contribution in [0.1, 0.15) is 26.8 Å². The molecule has 0 amide bonds. The molecule has 0 aliphatic heterocycles. The van der Waals surface area contributed by atoms with Crippen molar-refractivity contribution in [2.24, 2.45) is 5.92 Å². The lowest BCUT2D eigenvalue weighted by atomic mass is 10.0. The van der Waals surface area contributed by atoms with E-state index in [1.165, 1.54) is 0 Å². The van der Waals surface area contributed by atoms with Gasteiger partial charge in [-0.2, -0.15) is 0 Å². The Hall–Kier alpha value is -1.84. The minimum absolute atomic E-state index is 0.156. The van der Waals surface area contributed by atoms with Crippen LogP contribution in [0.15, 0.2) is 36.6 Å². The Morgan fingerprint density at radius 1 is 1.33 bits per heavy atom. The van der Waals surface area contributed by atoms with Gasteiger partial charge in [0, 0.05) is 0 Å². The van der Waals surface area contributed by atoms with E-state index in [1.807, 2.05) is 41.9 Å². The second-order valence-corrected chi connectivity index (χ2v) is 4.54. The SMILES string of the molecule is CCO/C=C/C(C(C)C)n1nnc2ccccc21. The van der Waals surface area contributed by atoms with Gasteiger partial charge in [0.2, 0.25) is 0 Å². The highest BCUT2D eigenvalue weighted by atomic mass is 16.5. The van der Waals surface area contributed by atoms with Gasteiger partial charge in [-0.25, -0.2) is 4.68 Å². The number of hydrogen-bond acceptors (Lipinski definition) is 3. The highest BCUT2D eigenvalue weighted by molar-refractivity contribution is 5.74. The predicted octanol–water partition coefficient (Wildman–Crippen LogP) is 3.18. The van der Waals surface area contributed by atoms with Crippen LogP contribution in [0.2, 0.25) is 0 Å². The molecule has 96 valence electrons. The van der Waals surface area contributed by atoms with Gasteiger partial charge in [0.05, 0.1) is 24.4 Å². The van der Waals surface area contributed by atoms with E-state index in [0.29, 0.717) is 12.5 Å². The lowest BCUT2D eigenvalue weighted by molar-refractivity contribution is 0.263. The van der Waals surface area contributed by atoms with Gasteiger partial charge in [-0.05, 0) is 31.1 Å². The molecule has 2 aromatic rings. The van der Waals surface area contributed by atoms with Gasteiger partial charge in [-0.1, -0.05) is 31.2 Å². The number of para-hydroxylation sites is 1. The quantitative estimate of drug-likeness (QED) is 0.759. The molecule has 1 aromatic carbocycles. The standard InChI is InChI=1S/C14H19N3O/c1-4-18-10-9-13(11(2)3)17-14-8-6-5-7-12(14)15-16-17/h5-11,13H,4H2,1-3H3/b10-9+. The van der Waals surface area contributed by atoms with Crippen molar-refractivity contribution in [2.75, 3.05) is 6.61 Å². The zero-order chi connectivity index (χ0) is 13.0. The van der Waals surface area contributed by atoms with Gasteiger partial charge in [0.25, 0.3) is 0 Å². The Kier molecular flexibility index (Phi) is 3.97. The second kappa shape index (κ2) is 5.67. The summed E-state index contributed by atoms with van der Waals surface area (Å²) >= 11 is 0. The topological polar surface area (TPSA) is 39.9 Å². The molecule has 0 fully saturated rings. The van der Waals surface area contributed by atoms with Gasteiger partial charge >= 0.3 is 0 Å². The van der Waals surface area contributed by atoms with E-state index in [0.717, 1.165) is 11.0 Å². The van der Waals surface area contributed by atoms with Crippen LogP contribution < -0.4 is 0 Å². The summed E-state index contributed by atoms with van der Waals surface area (Å²) in [5.74, 6) is 0.423. The number of hydrogen-bond donors (Lipinski definition) is 0. The van der Waals surface area contributed by atoms with Crippen molar-refractivity contribution in [2.45, 2.75) is 26.8 Å². The van der Waals surface area contributed by atoms with Crippen LogP contribution in [-0.2, 0) is 4.74 Å². The largest absolute Gasteiger partial charge is 0.502 e. The van der Waals surface area contributed by atoms with Crippen molar-refractivity contribution in [3.8, 4) is 0 Å². The van der Waals surface area contributed by atoms with Crippen LogP contribution in [0, 0.1) is 5.92 Å². The zero-order valence-electron chi connectivity index (χ0n) is 11.1. The number of nitrogens with zero attached hydrogens (tertiary/aromatic N) is 3. The molecule has 0 saturated heterocycles. The number of allylic oxidation sites excluding steroid dienone is 1. The molecule has 0 radical (unpaired) electrons. The van der Waals surface area contributed by atoms with Crippen molar-refractivity contribution < 1.29 is 4.74 Å². The van der Waals surface area contributed by atoms with Crippen molar-refractivity contribution >= 4 is 11.0 Å². The Labute approximate surface area is 107 Å². The van der Waals surface area contributed by atoms with Crippen LogP contribution in [0.4, 0.5) is 0 Å². The summed E-state index contributed by atoms with van der Waals surface area (Å²) in [4.78, 5) is 0. The predicted molar refractivity (Wildman–Crippen MR) is 72.2 cm³/mol. The third-order valence-electron chi connectivity index (χ3n) is 2.88. The molecule has 0 aliphatic rings. The summed E-state index contributed by atoms with van der Waals surface area (Å²) in [5, 5.41) is 8.44. The van der Waals surface area contributed by atoms with Gasteiger partial charge in [0.1, 0.15) is 5.52 Å². The molecule has 4 heteroatoms. The van der Waals surface area contributed by atoms with Gasteiger partial charge < -0.3 is 4.74 Å². The van der Waals surface area contributed by atoms with Gasteiger partial charge in [-0.3, -0.25) is 0 Å². The molecular formula is C14H19N3O. The minimum atomic E-state index is 0.156. The first kappa shape index (κ1) is 12.6. The van der Waals surface area contributed by atoms with E-state index >= 15 is 0 Å². The van der Waals surface area contributed by atoms with Crippen LogP contribution in [0.25, 0.3) is 11.0 Å². The van der Waals surface area contributed by atoms with E-state index in [9.17, 15) is 0 Å². The van der Waals surface area contributed by atoms with Crippen molar-refractivity contribution in [3.63, 3.8) is 0 Å². The highest BCUT2D eigenvalue weighted by Crippen LogP contribution is 2.22. The fourth-order valence-electron chi connectivity index (χ4n) is 1.93. The summed E-state index contributed by atoms with van der Waals surface area (Å²) in [6.07, 6.45) is 3.79. The average molecular weight is 245 g/mol. The number of benzene rings is 1. The monoisotopic (exact) mass is 245 g/mol. The van der Waals surface area contributed by atoms with Crippen LogP contribution in [0.3, 0.4) is 0 Å². The van der Waals surface area contributed by atoms with Crippen LogP contribution in [0.5, 0.6) is 0 Å². The summed E-state index contributed by atoms with van der Waals surface area (Å²) < 4.78 is 7.24. The Morgan fingerprint density at radius 2 is 2.11 bits per heavy atom. The molecule has 0 spiro atoms. The number of aromatic nitrogens is 3. The first-order valence-electron chi connectivity index (χ1n) is 6.32. The van der Waals surface area contributed by atoms with E-state index in [-0.39, 0.29) is 6.04 Å². The molecule has 2 rings (SSSR count). The average Bonchev–Trinajstić information content (AvgIpc) is 2.78. The Bertz CT molecular complexity index is 531. The molecule has 0 bridgehead atoms. The van der Waals surface area contributed by atoms with Crippen molar-refractivity contribution in [1.29, 1.82) is 0 Å². The summed E-state index contributed by atoms with van der Waals surface area (Å²) in [6.45, 7) is 6.98. The Balaban J connectivity index is 2.36. The molecule has 18 heavy (non-hydrogen) atoms. The van der Waals surface area contributed by atoms with E-state index < -0.39 is 0 Å². The maximum absolute atomic E-state index is 5.28. The highest BCUT2D eigenvalue weighted by Gasteiger charge is 2.16. The maximum atomic E-state index is 5.28. The fourth-order valence-corrected chi connectivity index (χ4v) is 1.93. The molecule has 1 aromatic heterocycles. The number of ether oxygens (including phenoxy) is 1. The zero-order valence-corrected chi connectivity index (χ0v) is 11.1. The summed E-state index contributed by atoms with van der Waals surface area (Å²) in [6, 6.07) is 8.15. The first-order valence-corrected chi connectivity index (χ1v) is 6.32. The molecule has 1 heterocycles. The smallest absolute Gasteiger partial charge is 0.113 e. The molecule has 1 atom stereocenters. The third-order valence-corrected chi connectivity index (χ3v) is 2.88. The molecule has 4 nitrogen and oxygen atoms in total. The lowest BCUT2D eigenvalue weighted by Gasteiger charge is -2.17. The Morgan fingerprint density at radius 3 is 2.83 bits per heavy atom. The van der Waals surface area contributed by atoms with Gasteiger partial charge in [-0.15, -0.1) is 5.10 Å². The summed E-state index contributed by atoms with van der Waals surface area (Å²) in [7, 11) is 0. The van der Waals surface area contributed by atoms with Crippen LogP contribution >= 0.6 is 0 Å². The normalized spacial score (nSPS) is 13.6. The fraction of sp³-hybridized carbons (Fsp3) is 0.429. The van der Waals surface area contributed by atoms with Crippen molar-refractivity contribution in [1.82, 2.24) is 15.0 Å². The van der Waals surface area contributed by atoms with E-state index in [2.05, 4.69) is 24.2 Å². The number of rotatable bonds is 5. The molecule has 0 aliphatic carbocycles. The second-order valence-electron chi connectivity index (χ2n) is 4.54. The third kappa shape index (κ3) is 2.53. The number of fused-ring (bicyclic) bond motifs is 1. The van der Waals surface area contributed by atoms with Crippen LogP contribution in [-0.4, -0.2) is 21.6 Å². The van der Waals surface area contributed by atoms with Crippen molar-refractivity contribution in [3.05, 3.63) is 36.6 Å². The lowest BCUT2D eigenvalue weighted by Crippen LogP contribution is -2.14. The molecular weight excluding hydrogens is 226 g/mol. The summed E-state index contributed by atoms with van der Waals surface area (Å²) in [5.41, 5.74) is 1.98. The van der Waals surface area contributed by atoms with E-state index in [4.69, 9.17) is 4.74 Å². The molecule has 0 saturated carbocycles. The molecule has 0 N–H and O–H groups in total. The van der Waals surface area contributed by atoms with Gasteiger partial charge in [0.15, 0.2) is 0 Å². The van der Waals surface area contributed by atoms with E-state index in [1.54, 1.807) is 6.26 Å². The minimum Gasteiger partial charge on any atom is -0.502 e.